The Labute approximate surface area is 165 Å². The highest BCUT2D eigenvalue weighted by molar-refractivity contribution is 8.00. The smallest absolute Gasteiger partial charge is 0.271 e. The monoisotopic (exact) mass is 395 g/mol. The first-order chi connectivity index (χ1) is 13.5. The fraction of sp³-hybridized carbons (Fsp3) is 0.100. The molecule has 7 nitrogen and oxygen atoms in total. The van der Waals surface area contributed by atoms with Gasteiger partial charge in [-0.25, -0.2) is 0 Å². The van der Waals surface area contributed by atoms with E-state index in [9.17, 15) is 19.7 Å². The van der Waals surface area contributed by atoms with Gasteiger partial charge in [-0.3, -0.25) is 19.7 Å². The van der Waals surface area contributed by atoms with Crippen molar-refractivity contribution >= 4 is 51.4 Å². The highest BCUT2D eigenvalue weighted by Crippen LogP contribution is 2.19. The number of nitro benzene ring substituents is 1. The second-order valence-electron chi connectivity index (χ2n) is 5.96. The summed E-state index contributed by atoms with van der Waals surface area (Å²) in [5.74, 6) is -0.351. The first-order valence-electron chi connectivity index (χ1n) is 8.42. The molecule has 0 atom stereocenters. The molecule has 0 aromatic heterocycles. The van der Waals surface area contributed by atoms with Crippen LogP contribution in [-0.4, -0.2) is 28.2 Å². The minimum atomic E-state index is -0.526. The summed E-state index contributed by atoms with van der Waals surface area (Å²) in [5.41, 5.74) is 0.950. The average Bonchev–Trinajstić information content (AvgIpc) is 2.68. The number of fused-ring (bicyclic) bond motifs is 1. The number of hydrogen-bond donors (Lipinski definition) is 2. The highest BCUT2D eigenvalue weighted by Gasteiger charge is 2.10. The van der Waals surface area contributed by atoms with Crippen molar-refractivity contribution in [2.75, 3.05) is 22.1 Å². The third-order valence-corrected chi connectivity index (χ3v) is 4.77. The van der Waals surface area contributed by atoms with Crippen LogP contribution in [0.3, 0.4) is 0 Å². The van der Waals surface area contributed by atoms with E-state index in [2.05, 4.69) is 10.6 Å². The van der Waals surface area contributed by atoms with Crippen molar-refractivity contribution in [3.63, 3.8) is 0 Å². The second-order valence-corrected chi connectivity index (χ2v) is 6.94. The second kappa shape index (κ2) is 9.01. The zero-order valence-corrected chi connectivity index (χ0v) is 15.6. The van der Waals surface area contributed by atoms with E-state index in [0.29, 0.717) is 11.4 Å². The minimum Gasteiger partial charge on any atom is -0.325 e. The summed E-state index contributed by atoms with van der Waals surface area (Å²) in [7, 11) is 0. The average molecular weight is 395 g/mol. The van der Waals surface area contributed by atoms with Crippen molar-refractivity contribution in [2.45, 2.75) is 0 Å². The standard InChI is InChI=1S/C20H17N3O4S/c24-19(21-16-6-3-7-18(11-16)23(26)27)12-28-13-20(25)22-17-9-8-14-4-1-2-5-15(14)10-17/h1-11H,12-13H2,(H,21,24)(H,22,25). The number of thioether (sulfide) groups is 1. The van der Waals surface area contributed by atoms with E-state index < -0.39 is 4.92 Å². The molecule has 0 aliphatic rings. The lowest BCUT2D eigenvalue weighted by molar-refractivity contribution is -0.384. The molecule has 8 heteroatoms. The van der Waals surface area contributed by atoms with E-state index in [4.69, 9.17) is 0 Å². The molecule has 142 valence electrons. The molecule has 0 spiro atoms. The van der Waals surface area contributed by atoms with Crippen LogP contribution in [0.5, 0.6) is 0 Å². The van der Waals surface area contributed by atoms with Crippen LogP contribution in [-0.2, 0) is 9.59 Å². The Balaban J connectivity index is 1.46. The van der Waals surface area contributed by atoms with Crippen LogP contribution in [0.15, 0.2) is 66.7 Å². The van der Waals surface area contributed by atoms with Gasteiger partial charge in [0.1, 0.15) is 0 Å². The number of hydrogen-bond acceptors (Lipinski definition) is 5. The zero-order valence-electron chi connectivity index (χ0n) is 14.8. The van der Waals surface area contributed by atoms with Crippen LogP contribution in [0.2, 0.25) is 0 Å². The maximum atomic E-state index is 12.1. The number of non-ortho nitro benzene ring substituents is 1. The van der Waals surface area contributed by atoms with Crippen LogP contribution in [0, 0.1) is 10.1 Å². The molecule has 0 radical (unpaired) electrons. The molecule has 0 aliphatic carbocycles. The maximum absolute atomic E-state index is 12.1. The van der Waals surface area contributed by atoms with Crippen molar-refractivity contribution in [1.82, 2.24) is 0 Å². The molecule has 0 saturated carbocycles. The van der Waals surface area contributed by atoms with Crippen molar-refractivity contribution in [2.24, 2.45) is 0 Å². The number of anilines is 2. The summed E-state index contributed by atoms with van der Waals surface area (Å²) in [6.07, 6.45) is 0. The third-order valence-electron chi connectivity index (χ3n) is 3.84. The Morgan fingerprint density at radius 2 is 1.46 bits per heavy atom. The number of amides is 2. The fourth-order valence-corrected chi connectivity index (χ4v) is 3.21. The molecule has 0 bridgehead atoms. The predicted octanol–water partition coefficient (Wildman–Crippen LogP) is 4.06. The quantitative estimate of drug-likeness (QED) is 0.464. The lowest BCUT2D eigenvalue weighted by Crippen LogP contribution is -2.18. The Morgan fingerprint density at radius 1 is 0.821 bits per heavy atom. The fourth-order valence-electron chi connectivity index (χ4n) is 2.59. The molecule has 3 aromatic carbocycles. The van der Waals surface area contributed by atoms with Gasteiger partial charge in [0.2, 0.25) is 11.8 Å². The molecule has 0 saturated heterocycles. The predicted molar refractivity (Wildman–Crippen MR) is 112 cm³/mol. The number of nitrogens with one attached hydrogen (secondary N) is 2. The molecule has 3 aromatic rings. The maximum Gasteiger partial charge on any atom is 0.271 e. The van der Waals surface area contributed by atoms with Crippen LogP contribution in [0.25, 0.3) is 10.8 Å². The summed E-state index contributed by atoms with van der Waals surface area (Å²) in [6.45, 7) is 0. The molecule has 3 rings (SSSR count). The van der Waals surface area contributed by atoms with E-state index in [1.165, 1.54) is 18.2 Å². The van der Waals surface area contributed by atoms with Crippen molar-refractivity contribution in [3.8, 4) is 0 Å². The molecule has 2 amide bonds. The first-order valence-corrected chi connectivity index (χ1v) is 9.57. The van der Waals surface area contributed by atoms with E-state index in [0.717, 1.165) is 22.5 Å². The Kier molecular flexibility index (Phi) is 6.23. The first kappa shape index (κ1) is 19.4. The minimum absolute atomic E-state index is 0.0633. The van der Waals surface area contributed by atoms with Gasteiger partial charge in [0.15, 0.2) is 0 Å². The van der Waals surface area contributed by atoms with E-state index in [-0.39, 0.29) is 29.0 Å². The molecule has 2 N–H and O–H groups in total. The number of carbonyl (C=O) groups excluding carboxylic acids is 2. The number of nitrogens with zero attached hydrogens (tertiary/aromatic N) is 1. The van der Waals surface area contributed by atoms with Crippen LogP contribution >= 0.6 is 11.8 Å². The molecule has 0 unspecified atom stereocenters. The largest absolute Gasteiger partial charge is 0.325 e. The Bertz CT molecular complexity index is 1040. The SMILES string of the molecule is O=C(CSCC(=O)Nc1ccc2ccccc2c1)Nc1cccc([N+](=O)[O-])c1. The van der Waals surface area contributed by atoms with E-state index >= 15 is 0 Å². The van der Waals surface area contributed by atoms with Gasteiger partial charge in [0.05, 0.1) is 16.4 Å². The normalized spacial score (nSPS) is 10.4. The molecule has 0 heterocycles. The summed E-state index contributed by atoms with van der Waals surface area (Å²) in [6, 6.07) is 19.2. The Morgan fingerprint density at radius 3 is 2.14 bits per heavy atom. The van der Waals surface area contributed by atoms with E-state index in [1.807, 2.05) is 42.5 Å². The Hall–Kier alpha value is -3.39. The summed E-state index contributed by atoms with van der Waals surface area (Å²) in [5, 5.41) is 18.3. The van der Waals surface area contributed by atoms with Crippen molar-refractivity contribution < 1.29 is 14.5 Å². The topological polar surface area (TPSA) is 101 Å². The van der Waals surface area contributed by atoms with Crippen molar-refractivity contribution in [3.05, 3.63) is 76.8 Å². The molecular formula is C20H17N3O4S. The van der Waals surface area contributed by atoms with Gasteiger partial charge in [-0.1, -0.05) is 36.4 Å². The number of rotatable bonds is 7. The molecule has 0 fully saturated rings. The molecule has 28 heavy (non-hydrogen) atoms. The van der Waals surface area contributed by atoms with Gasteiger partial charge in [-0.05, 0) is 29.0 Å². The number of benzene rings is 3. The molecular weight excluding hydrogens is 378 g/mol. The third kappa shape index (κ3) is 5.31. The van der Waals surface area contributed by atoms with Gasteiger partial charge in [-0.2, -0.15) is 0 Å². The number of nitro groups is 1. The molecule has 0 aliphatic heterocycles. The van der Waals surface area contributed by atoms with Gasteiger partial charge in [0, 0.05) is 23.5 Å². The van der Waals surface area contributed by atoms with Gasteiger partial charge in [-0.15, -0.1) is 11.8 Å². The van der Waals surface area contributed by atoms with Gasteiger partial charge >= 0.3 is 0 Å². The zero-order chi connectivity index (χ0) is 19.9. The van der Waals surface area contributed by atoms with E-state index in [1.54, 1.807) is 6.07 Å². The van der Waals surface area contributed by atoms with Gasteiger partial charge in [0.25, 0.3) is 5.69 Å². The van der Waals surface area contributed by atoms with Crippen LogP contribution < -0.4 is 10.6 Å². The summed E-state index contributed by atoms with van der Waals surface area (Å²) in [4.78, 5) is 34.2. The highest BCUT2D eigenvalue weighted by atomic mass is 32.2. The lowest BCUT2D eigenvalue weighted by atomic mass is 10.1. The lowest BCUT2D eigenvalue weighted by Gasteiger charge is -2.07. The summed E-state index contributed by atoms with van der Waals surface area (Å²) < 4.78 is 0. The van der Waals surface area contributed by atoms with Crippen LogP contribution in [0.4, 0.5) is 17.1 Å². The van der Waals surface area contributed by atoms with Gasteiger partial charge < -0.3 is 10.6 Å². The van der Waals surface area contributed by atoms with Crippen molar-refractivity contribution in [1.29, 1.82) is 0 Å². The number of carbonyl (C=O) groups is 2. The van der Waals surface area contributed by atoms with Crippen LogP contribution in [0.1, 0.15) is 0 Å². The summed E-state index contributed by atoms with van der Waals surface area (Å²) >= 11 is 1.16.